The number of fused-ring (bicyclic) bond motifs is 2. The fourth-order valence-corrected chi connectivity index (χ4v) is 3.83. The van der Waals surface area contributed by atoms with Gasteiger partial charge in [-0.1, -0.05) is 6.42 Å². The largest absolute Gasteiger partial charge is 0.467 e. The summed E-state index contributed by atoms with van der Waals surface area (Å²) in [5.74, 6) is 1.38. The third-order valence-corrected chi connectivity index (χ3v) is 4.93. The lowest BCUT2D eigenvalue weighted by Gasteiger charge is -2.20. The Labute approximate surface area is 140 Å². The van der Waals surface area contributed by atoms with Crippen molar-refractivity contribution in [3.8, 4) is 0 Å². The van der Waals surface area contributed by atoms with Crippen LogP contribution in [0.4, 0.5) is 4.79 Å². The van der Waals surface area contributed by atoms with Crippen molar-refractivity contribution in [1.29, 1.82) is 0 Å². The van der Waals surface area contributed by atoms with Gasteiger partial charge >= 0.3 is 12.0 Å². The number of ether oxygens (including phenoxy) is 1. The highest BCUT2D eigenvalue weighted by Crippen LogP contribution is 2.49. The molecule has 1 aromatic rings. The van der Waals surface area contributed by atoms with E-state index in [1.165, 1.54) is 25.5 Å². The molecule has 3 rings (SSSR count). The summed E-state index contributed by atoms with van der Waals surface area (Å²) < 4.78 is 10.0. The lowest BCUT2D eigenvalue weighted by molar-refractivity contribution is -0.149. The molecule has 0 aliphatic heterocycles. The van der Waals surface area contributed by atoms with E-state index in [1.54, 1.807) is 12.1 Å². The first-order chi connectivity index (χ1) is 11.6. The highest BCUT2D eigenvalue weighted by atomic mass is 16.5. The van der Waals surface area contributed by atoms with Crippen LogP contribution in [-0.2, 0) is 20.9 Å². The second-order valence-corrected chi connectivity index (χ2v) is 6.61. The van der Waals surface area contributed by atoms with E-state index in [-0.39, 0.29) is 12.5 Å². The van der Waals surface area contributed by atoms with Crippen LogP contribution in [0.5, 0.6) is 0 Å². The number of furan rings is 1. The number of nitrogens with one attached hydrogen (secondary N) is 2. The maximum absolute atomic E-state index is 11.8. The van der Waals surface area contributed by atoms with Gasteiger partial charge in [-0.3, -0.25) is 14.9 Å². The second kappa shape index (κ2) is 7.51. The summed E-state index contributed by atoms with van der Waals surface area (Å²) in [5, 5.41) is 4.59. The van der Waals surface area contributed by atoms with E-state index in [0.29, 0.717) is 24.0 Å². The molecule has 2 N–H and O–H groups in total. The normalized spacial score (nSPS) is 24.6. The molecule has 2 aliphatic carbocycles. The van der Waals surface area contributed by atoms with Gasteiger partial charge in [0.25, 0.3) is 5.91 Å². The van der Waals surface area contributed by atoms with Crippen LogP contribution in [0.1, 0.15) is 37.9 Å². The van der Waals surface area contributed by atoms with Gasteiger partial charge in [-0.15, -0.1) is 0 Å². The molecular formula is C17H22N2O5. The molecule has 130 valence electrons. The van der Waals surface area contributed by atoms with E-state index in [9.17, 15) is 14.4 Å². The Morgan fingerprint density at radius 3 is 2.79 bits per heavy atom. The number of amides is 3. The summed E-state index contributed by atoms with van der Waals surface area (Å²) >= 11 is 0. The van der Waals surface area contributed by atoms with E-state index in [4.69, 9.17) is 9.15 Å². The highest BCUT2D eigenvalue weighted by molar-refractivity contribution is 5.95. The van der Waals surface area contributed by atoms with E-state index in [1.807, 2.05) is 0 Å². The van der Waals surface area contributed by atoms with Crippen molar-refractivity contribution in [2.45, 2.75) is 38.6 Å². The molecule has 3 amide bonds. The van der Waals surface area contributed by atoms with Gasteiger partial charge in [-0.05, 0) is 49.1 Å². The van der Waals surface area contributed by atoms with Crippen LogP contribution in [0.2, 0.25) is 0 Å². The van der Waals surface area contributed by atoms with Crippen molar-refractivity contribution >= 4 is 17.9 Å². The van der Waals surface area contributed by atoms with Gasteiger partial charge in [0.05, 0.1) is 12.8 Å². The third-order valence-electron chi connectivity index (χ3n) is 4.93. The first-order valence-electron chi connectivity index (χ1n) is 8.36. The number of hydrogen-bond acceptors (Lipinski definition) is 5. The first kappa shape index (κ1) is 16.5. The van der Waals surface area contributed by atoms with Gasteiger partial charge in [-0.2, -0.15) is 0 Å². The Morgan fingerprint density at radius 2 is 2.12 bits per heavy atom. The SMILES string of the molecule is O=C(COC(=O)C[C@H]1C[C@@H]2CC[C@H]1C2)NC(=O)NCc1ccco1. The summed E-state index contributed by atoms with van der Waals surface area (Å²) in [7, 11) is 0. The minimum absolute atomic E-state index is 0.177. The fourth-order valence-electron chi connectivity index (χ4n) is 3.83. The number of esters is 1. The average molecular weight is 334 g/mol. The molecule has 2 saturated carbocycles. The van der Waals surface area contributed by atoms with Gasteiger partial charge in [0, 0.05) is 6.42 Å². The van der Waals surface area contributed by atoms with Crippen LogP contribution in [0.15, 0.2) is 22.8 Å². The van der Waals surface area contributed by atoms with Gasteiger partial charge in [0.1, 0.15) is 5.76 Å². The standard InChI is InChI=1S/C17H22N2O5/c20-15(19-17(22)18-9-14-2-1-5-23-14)10-24-16(21)8-13-7-11-3-4-12(13)6-11/h1-2,5,11-13H,3-4,6-10H2,(H2,18,19,20,22)/t11-,12+,13-/m1/s1. The van der Waals surface area contributed by atoms with Crippen LogP contribution >= 0.6 is 0 Å². The summed E-state index contributed by atoms with van der Waals surface area (Å²) in [4.78, 5) is 35.0. The molecule has 0 radical (unpaired) electrons. The Hall–Kier alpha value is -2.31. The van der Waals surface area contributed by atoms with Crippen molar-refractivity contribution in [3.63, 3.8) is 0 Å². The topological polar surface area (TPSA) is 97.6 Å². The maximum atomic E-state index is 11.8. The molecule has 2 fully saturated rings. The molecule has 1 aromatic heterocycles. The summed E-state index contributed by atoms with van der Waals surface area (Å²) in [6.45, 7) is -0.260. The second-order valence-electron chi connectivity index (χ2n) is 6.61. The van der Waals surface area contributed by atoms with Crippen LogP contribution in [-0.4, -0.2) is 24.5 Å². The van der Waals surface area contributed by atoms with Gasteiger partial charge < -0.3 is 14.5 Å². The van der Waals surface area contributed by atoms with Crippen molar-refractivity contribution in [1.82, 2.24) is 10.6 Å². The number of rotatable bonds is 6. The van der Waals surface area contributed by atoms with Crippen molar-refractivity contribution in [2.75, 3.05) is 6.61 Å². The monoisotopic (exact) mass is 334 g/mol. The molecule has 0 saturated heterocycles. The number of hydrogen-bond donors (Lipinski definition) is 2. The van der Waals surface area contributed by atoms with Gasteiger partial charge in [-0.25, -0.2) is 4.79 Å². The van der Waals surface area contributed by atoms with Gasteiger partial charge in [0.2, 0.25) is 0 Å². The zero-order valence-electron chi connectivity index (χ0n) is 13.5. The molecule has 7 heteroatoms. The number of imide groups is 1. The van der Waals surface area contributed by atoms with Crippen molar-refractivity contribution in [3.05, 3.63) is 24.2 Å². The maximum Gasteiger partial charge on any atom is 0.321 e. The van der Waals surface area contributed by atoms with E-state index >= 15 is 0 Å². The first-order valence-corrected chi connectivity index (χ1v) is 8.36. The molecule has 0 spiro atoms. The summed E-state index contributed by atoms with van der Waals surface area (Å²) in [6.07, 6.45) is 6.69. The number of urea groups is 1. The average Bonchev–Trinajstić information content (AvgIpc) is 3.28. The molecule has 0 unspecified atom stereocenters. The Morgan fingerprint density at radius 1 is 1.25 bits per heavy atom. The quantitative estimate of drug-likeness (QED) is 0.775. The number of carbonyl (C=O) groups is 3. The highest BCUT2D eigenvalue weighted by Gasteiger charge is 2.40. The Bertz CT molecular complexity index is 598. The van der Waals surface area contributed by atoms with Gasteiger partial charge in [0.15, 0.2) is 6.61 Å². The molecule has 3 atom stereocenters. The molecule has 2 aliphatic rings. The van der Waals surface area contributed by atoms with Crippen LogP contribution in [0, 0.1) is 17.8 Å². The fraction of sp³-hybridized carbons (Fsp3) is 0.588. The summed E-state index contributed by atoms with van der Waals surface area (Å²) in [6, 6.07) is 2.76. The molecular weight excluding hydrogens is 312 g/mol. The Balaban J connectivity index is 1.30. The minimum atomic E-state index is -0.652. The van der Waals surface area contributed by atoms with Crippen molar-refractivity contribution in [2.24, 2.45) is 17.8 Å². The molecule has 7 nitrogen and oxygen atoms in total. The van der Waals surface area contributed by atoms with E-state index < -0.39 is 18.5 Å². The Kier molecular flexibility index (Phi) is 5.17. The summed E-state index contributed by atoms with van der Waals surface area (Å²) in [5.41, 5.74) is 0. The third kappa shape index (κ3) is 4.37. The minimum Gasteiger partial charge on any atom is -0.467 e. The van der Waals surface area contributed by atoms with Crippen LogP contribution in [0.3, 0.4) is 0 Å². The predicted molar refractivity (Wildman–Crippen MR) is 83.6 cm³/mol. The molecule has 0 aromatic carbocycles. The van der Waals surface area contributed by atoms with Crippen LogP contribution < -0.4 is 10.6 Å². The lowest BCUT2D eigenvalue weighted by atomic mass is 9.86. The van der Waals surface area contributed by atoms with E-state index in [2.05, 4.69) is 10.6 Å². The zero-order valence-corrected chi connectivity index (χ0v) is 13.5. The van der Waals surface area contributed by atoms with Crippen molar-refractivity contribution < 1.29 is 23.5 Å². The molecule has 1 heterocycles. The number of carbonyl (C=O) groups excluding carboxylic acids is 3. The lowest BCUT2D eigenvalue weighted by Crippen LogP contribution is -2.41. The van der Waals surface area contributed by atoms with Crippen LogP contribution in [0.25, 0.3) is 0 Å². The predicted octanol–water partition coefficient (Wildman–Crippen LogP) is 1.97. The van der Waals surface area contributed by atoms with E-state index in [0.717, 1.165) is 12.3 Å². The zero-order chi connectivity index (χ0) is 16.9. The molecule has 24 heavy (non-hydrogen) atoms. The molecule has 2 bridgehead atoms. The smallest absolute Gasteiger partial charge is 0.321 e.